The predicted octanol–water partition coefficient (Wildman–Crippen LogP) is 3.06. The second-order valence-corrected chi connectivity index (χ2v) is 6.91. The van der Waals surface area contributed by atoms with Crippen LogP contribution in [0.5, 0.6) is 0 Å². The van der Waals surface area contributed by atoms with E-state index >= 15 is 0 Å². The van der Waals surface area contributed by atoms with E-state index in [1.54, 1.807) is 4.90 Å². The van der Waals surface area contributed by atoms with Crippen molar-refractivity contribution in [3.8, 4) is 11.3 Å². The number of benzene rings is 1. The van der Waals surface area contributed by atoms with Gasteiger partial charge in [0.2, 0.25) is 0 Å². The Morgan fingerprint density at radius 1 is 1.30 bits per heavy atom. The number of carbonyl (C=O) groups excluding carboxylic acids is 1. The number of aliphatic carboxylic acids is 1. The van der Waals surface area contributed by atoms with E-state index in [1.165, 1.54) is 11.3 Å². The lowest BCUT2D eigenvalue weighted by molar-refractivity contribution is -0.143. The minimum atomic E-state index is -0.828. The molecule has 1 aliphatic heterocycles. The quantitative estimate of drug-likeness (QED) is 0.939. The average molecular weight is 330 g/mol. The van der Waals surface area contributed by atoms with Gasteiger partial charge in [0, 0.05) is 18.7 Å². The van der Waals surface area contributed by atoms with Crippen molar-refractivity contribution in [1.29, 1.82) is 0 Å². The zero-order chi connectivity index (χ0) is 16.4. The van der Waals surface area contributed by atoms with Gasteiger partial charge in [-0.2, -0.15) is 0 Å². The Morgan fingerprint density at radius 2 is 2.04 bits per heavy atom. The molecule has 6 heteroatoms. The van der Waals surface area contributed by atoms with Crippen LogP contribution in [0.25, 0.3) is 11.3 Å². The molecule has 0 unspecified atom stereocenters. The Labute approximate surface area is 138 Å². The van der Waals surface area contributed by atoms with Gasteiger partial charge in [-0.1, -0.05) is 30.3 Å². The molecule has 3 rings (SSSR count). The number of amides is 1. The van der Waals surface area contributed by atoms with Gasteiger partial charge in [0.15, 0.2) is 0 Å². The molecule has 1 aromatic carbocycles. The number of hydrogen-bond acceptors (Lipinski definition) is 4. The largest absolute Gasteiger partial charge is 0.481 e. The van der Waals surface area contributed by atoms with Gasteiger partial charge in [-0.15, -0.1) is 11.3 Å². The van der Waals surface area contributed by atoms with E-state index in [1.807, 2.05) is 37.3 Å². The molecule has 1 aliphatic rings. The zero-order valence-corrected chi connectivity index (χ0v) is 13.7. The van der Waals surface area contributed by atoms with E-state index in [2.05, 4.69) is 4.98 Å². The van der Waals surface area contributed by atoms with Crippen molar-refractivity contribution in [2.75, 3.05) is 13.1 Å². The van der Waals surface area contributed by atoms with Gasteiger partial charge < -0.3 is 10.0 Å². The summed E-state index contributed by atoms with van der Waals surface area (Å²) in [4.78, 5) is 30.8. The van der Waals surface area contributed by atoms with Crippen molar-refractivity contribution >= 4 is 23.2 Å². The molecule has 0 saturated carbocycles. The summed E-state index contributed by atoms with van der Waals surface area (Å²) < 4.78 is 0. The summed E-state index contributed by atoms with van der Waals surface area (Å²) in [5, 5.41) is 10.0. The molecule has 1 saturated heterocycles. The number of thiazole rings is 1. The lowest BCUT2D eigenvalue weighted by Crippen LogP contribution is -2.42. The van der Waals surface area contributed by atoms with Crippen LogP contribution in [0.1, 0.15) is 27.5 Å². The molecule has 1 N–H and O–H groups in total. The Balaban J connectivity index is 1.90. The molecule has 120 valence electrons. The van der Waals surface area contributed by atoms with Crippen LogP contribution in [0.4, 0.5) is 0 Å². The number of aryl methyl sites for hydroxylation is 1. The third-order valence-corrected chi connectivity index (χ3v) is 4.99. The molecule has 5 nitrogen and oxygen atoms in total. The highest BCUT2D eigenvalue weighted by molar-refractivity contribution is 7.14. The van der Waals surface area contributed by atoms with Crippen LogP contribution in [0.15, 0.2) is 30.3 Å². The number of carboxylic acid groups (broad SMARTS) is 1. The van der Waals surface area contributed by atoms with Gasteiger partial charge in [0.05, 0.1) is 16.6 Å². The van der Waals surface area contributed by atoms with Crippen molar-refractivity contribution in [3.05, 3.63) is 40.2 Å². The Bertz CT molecular complexity index is 727. The van der Waals surface area contributed by atoms with Crippen LogP contribution in [0, 0.1) is 12.8 Å². The van der Waals surface area contributed by atoms with E-state index in [0.717, 1.165) is 17.0 Å². The number of likely N-dealkylation sites (tertiary alicyclic amines) is 1. The van der Waals surface area contributed by atoms with Crippen molar-refractivity contribution in [2.45, 2.75) is 19.8 Å². The molecule has 23 heavy (non-hydrogen) atoms. The van der Waals surface area contributed by atoms with Crippen molar-refractivity contribution in [1.82, 2.24) is 9.88 Å². The van der Waals surface area contributed by atoms with Gasteiger partial charge in [-0.3, -0.25) is 9.59 Å². The molecule has 0 bridgehead atoms. The summed E-state index contributed by atoms with van der Waals surface area (Å²) in [7, 11) is 0. The number of hydrogen-bond donors (Lipinski definition) is 1. The van der Waals surface area contributed by atoms with Gasteiger partial charge in [0.1, 0.15) is 4.88 Å². The Hall–Kier alpha value is -2.21. The molecule has 1 amide bonds. The van der Waals surface area contributed by atoms with Crippen LogP contribution in [-0.4, -0.2) is 40.0 Å². The molecular weight excluding hydrogens is 312 g/mol. The topological polar surface area (TPSA) is 70.5 Å². The van der Waals surface area contributed by atoms with Gasteiger partial charge >= 0.3 is 5.97 Å². The number of aromatic nitrogens is 1. The fraction of sp³-hybridized carbons (Fsp3) is 0.353. The third-order valence-electron chi connectivity index (χ3n) is 4.03. The first-order chi connectivity index (χ1) is 11.1. The Kier molecular flexibility index (Phi) is 4.43. The van der Waals surface area contributed by atoms with E-state index < -0.39 is 11.9 Å². The second-order valence-electron chi connectivity index (χ2n) is 5.71. The highest BCUT2D eigenvalue weighted by atomic mass is 32.1. The van der Waals surface area contributed by atoms with E-state index in [0.29, 0.717) is 23.5 Å². The zero-order valence-electron chi connectivity index (χ0n) is 12.9. The monoisotopic (exact) mass is 330 g/mol. The molecular formula is C17H18N2O3S. The highest BCUT2D eigenvalue weighted by Gasteiger charge is 2.31. The van der Waals surface area contributed by atoms with Crippen molar-refractivity contribution < 1.29 is 14.7 Å². The fourth-order valence-electron chi connectivity index (χ4n) is 2.87. The number of rotatable bonds is 3. The summed E-state index contributed by atoms with van der Waals surface area (Å²) in [5.74, 6) is -1.41. The molecule has 0 aliphatic carbocycles. The van der Waals surface area contributed by atoms with Crippen LogP contribution in [0.2, 0.25) is 0 Å². The maximum atomic E-state index is 12.9. The Morgan fingerprint density at radius 3 is 2.74 bits per heavy atom. The van der Waals surface area contributed by atoms with E-state index in [-0.39, 0.29) is 12.5 Å². The molecule has 2 aromatic rings. The maximum absolute atomic E-state index is 12.9. The molecule has 1 aromatic heterocycles. The summed E-state index contributed by atoms with van der Waals surface area (Å²) in [6.45, 7) is 2.76. The molecule has 2 heterocycles. The van der Waals surface area contributed by atoms with Gasteiger partial charge in [-0.25, -0.2) is 4.98 Å². The lowest BCUT2D eigenvalue weighted by Gasteiger charge is -2.30. The minimum absolute atomic E-state index is 0.111. The summed E-state index contributed by atoms with van der Waals surface area (Å²) in [5.41, 5.74) is 1.60. The second kappa shape index (κ2) is 6.50. The molecule has 0 spiro atoms. The molecule has 1 atom stereocenters. The highest BCUT2D eigenvalue weighted by Crippen LogP contribution is 2.30. The smallest absolute Gasteiger partial charge is 0.308 e. The van der Waals surface area contributed by atoms with Crippen molar-refractivity contribution in [3.63, 3.8) is 0 Å². The first-order valence-electron chi connectivity index (χ1n) is 7.61. The number of carbonyl (C=O) groups is 2. The normalized spacial score (nSPS) is 18.0. The van der Waals surface area contributed by atoms with Gasteiger partial charge in [0.25, 0.3) is 5.91 Å². The average Bonchev–Trinajstić information content (AvgIpc) is 2.97. The van der Waals surface area contributed by atoms with Crippen LogP contribution >= 0.6 is 11.3 Å². The van der Waals surface area contributed by atoms with Gasteiger partial charge in [-0.05, 0) is 19.8 Å². The standard InChI is InChI=1S/C17H18N2O3S/c1-11-18-14(12-6-3-2-4-7-12)15(23-11)16(20)19-9-5-8-13(10-19)17(21)22/h2-4,6-7,13H,5,8-10H2,1H3,(H,21,22)/t13-/m0/s1. The third kappa shape index (κ3) is 3.27. The SMILES string of the molecule is Cc1nc(-c2ccccc2)c(C(=O)N2CCC[C@H](C(=O)O)C2)s1. The van der Waals surface area contributed by atoms with E-state index in [9.17, 15) is 14.7 Å². The van der Waals surface area contributed by atoms with E-state index in [4.69, 9.17) is 0 Å². The molecule has 1 fully saturated rings. The summed E-state index contributed by atoms with van der Waals surface area (Å²) in [6, 6.07) is 9.62. The number of piperidine rings is 1. The first kappa shape index (κ1) is 15.7. The summed E-state index contributed by atoms with van der Waals surface area (Å²) in [6.07, 6.45) is 1.35. The predicted molar refractivity (Wildman–Crippen MR) is 88.6 cm³/mol. The van der Waals surface area contributed by atoms with Crippen molar-refractivity contribution in [2.24, 2.45) is 5.92 Å². The van der Waals surface area contributed by atoms with Crippen LogP contribution in [0.3, 0.4) is 0 Å². The number of carboxylic acids is 1. The minimum Gasteiger partial charge on any atom is -0.481 e. The van der Waals surface area contributed by atoms with Crippen LogP contribution < -0.4 is 0 Å². The van der Waals surface area contributed by atoms with Crippen LogP contribution in [-0.2, 0) is 4.79 Å². The lowest BCUT2D eigenvalue weighted by atomic mass is 9.98. The number of nitrogens with zero attached hydrogens (tertiary/aromatic N) is 2. The summed E-state index contributed by atoms with van der Waals surface area (Å²) >= 11 is 1.37. The first-order valence-corrected chi connectivity index (χ1v) is 8.43. The maximum Gasteiger partial charge on any atom is 0.308 e. The molecule has 0 radical (unpaired) electrons. The fourth-order valence-corrected chi connectivity index (χ4v) is 3.78.